The highest BCUT2D eigenvalue weighted by Gasteiger charge is 2.25. The van der Waals surface area contributed by atoms with Gasteiger partial charge in [0.15, 0.2) is 0 Å². The number of piperazine rings is 1. The lowest BCUT2D eigenvalue weighted by Gasteiger charge is -2.34. The summed E-state index contributed by atoms with van der Waals surface area (Å²) in [5.41, 5.74) is -0.508. The van der Waals surface area contributed by atoms with Crippen LogP contribution in [0.4, 0.5) is 10.1 Å². The molecule has 7 heteroatoms. The topological polar surface area (TPSA) is 66.7 Å². The molecular formula is C13H16FN3O3. The molecule has 0 N–H and O–H groups in total. The van der Waals surface area contributed by atoms with Gasteiger partial charge in [0.05, 0.1) is 10.5 Å². The van der Waals surface area contributed by atoms with Gasteiger partial charge >= 0.3 is 0 Å². The Kier molecular flexibility index (Phi) is 4.29. The Balaban J connectivity index is 2.17. The Labute approximate surface area is 115 Å². The van der Waals surface area contributed by atoms with E-state index in [1.807, 2.05) is 6.92 Å². The predicted octanol–water partition coefficient (Wildman–Crippen LogP) is 1.51. The third kappa shape index (κ3) is 2.93. The van der Waals surface area contributed by atoms with Crippen molar-refractivity contribution in [2.24, 2.45) is 0 Å². The molecule has 1 aromatic rings. The van der Waals surface area contributed by atoms with Crippen molar-refractivity contribution in [3.8, 4) is 0 Å². The van der Waals surface area contributed by atoms with Crippen LogP contribution in [-0.4, -0.2) is 53.4 Å². The van der Waals surface area contributed by atoms with Crippen LogP contribution in [0, 0.1) is 15.9 Å². The minimum Gasteiger partial charge on any atom is -0.336 e. The van der Waals surface area contributed by atoms with Crippen LogP contribution in [-0.2, 0) is 0 Å². The van der Waals surface area contributed by atoms with Gasteiger partial charge in [0.1, 0.15) is 5.82 Å². The van der Waals surface area contributed by atoms with E-state index < -0.39 is 16.6 Å². The maximum absolute atomic E-state index is 13.7. The molecule has 0 unspecified atom stereocenters. The van der Waals surface area contributed by atoms with E-state index in [0.717, 1.165) is 37.8 Å². The van der Waals surface area contributed by atoms with Gasteiger partial charge in [0.25, 0.3) is 11.6 Å². The Morgan fingerprint density at radius 2 is 2.00 bits per heavy atom. The summed E-state index contributed by atoms with van der Waals surface area (Å²) in [6, 6.07) is 3.03. The van der Waals surface area contributed by atoms with Crippen molar-refractivity contribution < 1.29 is 14.1 Å². The van der Waals surface area contributed by atoms with E-state index in [0.29, 0.717) is 13.1 Å². The van der Waals surface area contributed by atoms with Crippen molar-refractivity contribution in [3.05, 3.63) is 39.7 Å². The predicted molar refractivity (Wildman–Crippen MR) is 71.1 cm³/mol. The van der Waals surface area contributed by atoms with Crippen molar-refractivity contribution in [1.82, 2.24) is 9.80 Å². The number of likely N-dealkylation sites (N-methyl/N-ethyl adjacent to an activating group) is 1. The van der Waals surface area contributed by atoms with Crippen LogP contribution >= 0.6 is 0 Å². The molecule has 0 spiro atoms. The number of rotatable bonds is 3. The molecule has 1 fully saturated rings. The molecule has 0 bridgehead atoms. The van der Waals surface area contributed by atoms with Crippen LogP contribution in [0.15, 0.2) is 18.2 Å². The van der Waals surface area contributed by atoms with Gasteiger partial charge in [-0.15, -0.1) is 0 Å². The molecule has 1 aromatic carbocycles. The summed E-state index contributed by atoms with van der Waals surface area (Å²) in [6.45, 7) is 5.44. The van der Waals surface area contributed by atoms with Gasteiger partial charge in [-0.2, -0.15) is 0 Å². The molecule has 0 aromatic heterocycles. The highest BCUT2D eigenvalue weighted by atomic mass is 19.1. The second-order valence-corrected chi connectivity index (χ2v) is 4.65. The zero-order valence-corrected chi connectivity index (χ0v) is 11.2. The molecule has 1 heterocycles. The Hall–Kier alpha value is -2.02. The number of non-ortho nitro benzene ring substituents is 1. The molecule has 20 heavy (non-hydrogen) atoms. The molecule has 6 nitrogen and oxygen atoms in total. The summed E-state index contributed by atoms with van der Waals surface area (Å²) in [5.74, 6) is -1.21. The summed E-state index contributed by atoms with van der Waals surface area (Å²) in [5, 5.41) is 10.7. The summed E-state index contributed by atoms with van der Waals surface area (Å²) >= 11 is 0. The first-order valence-electron chi connectivity index (χ1n) is 6.48. The van der Waals surface area contributed by atoms with E-state index in [9.17, 15) is 19.3 Å². The second kappa shape index (κ2) is 5.96. The molecule has 2 rings (SSSR count). The second-order valence-electron chi connectivity index (χ2n) is 4.65. The first-order valence-corrected chi connectivity index (χ1v) is 6.48. The maximum atomic E-state index is 13.7. The van der Waals surface area contributed by atoms with Crippen molar-refractivity contribution in [2.45, 2.75) is 6.92 Å². The molecule has 1 aliphatic heterocycles. The zero-order valence-electron chi connectivity index (χ0n) is 11.2. The molecule has 0 radical (unpaired) electrons. The lowest BCUT2D eigenvalue weighted by Crippen LogP contribution is -2.48. The summed E-state index contributed by atoms with van der Waals surface area (Å²) in [4.78, 5) is 26.0. The first kappa shape index (κ1) is 14.4. The van der Waals surface area contributed by atoms with Crippen molar-refractivity contribution >= 4 is 11.6 Å². The minimum absolute atomic E-state index is 0.232. The number of amides is 1. The van der Waals surface area contributed by atoms with Crippen molar-refractivity contribution in [1.29, 1.82) is 0 Å². The van der Waals surface area contributed by atoms with Crippen LogP contribution in [0.25, 0.3) is 0 Å². The Morgan fingerprint density at radius 1 is 1.35 bits per heavy atom. The van der Waals surface area contributed by atoms with Gasteiger partial charge in [-0.1, -0.05) is 6.92 Å². The van der Waals surface area contributed by atoms with Crippen LogP contribution in [0.3, 0.4) is 0 Å². The minimum atomic E-state index is -0.724. The third-order valence-corrected chi connectivity index (χ3v) is 3.50. The summed E-state index contributed by atoms with van der Waals surface area (Å²) in [7, 11) is 0. The molecule has 1 saturated heterocycles. The highest BCUT2D eigenvalue weighted by Crippen LogP contribution is 2.19. The lowest BCUT2D eigenvalue weighted by molar-refractivity contribution is -0.384. The smallest absolute Gasteiger partial charge is 0.270 e. The molecule has 0 aliphatic carbocycles. The number of benzene rings is 1. The van der Waals surface area contributed by atoms with Gasteiger partial charge < -0.3 is 9.80 Å². The van der Waals surface area contributed by atoms with Gasteiger partial charge in [0, 0.05) is 38.3 Å². The monoisotopic (exact) mass is 281 g/mol. The number of nitro benzene ring substituents is 1. The summed E-state index contributed by atoms with van der Waals surface area (Å²) < 4.78 is 13.7. The number of nitro groups is 1. The van der Waals surface area contributed by atoms with Crippen molar-refractivity contribution in [2.75, 3.05) is 32.7 Å². The fourth-order valence-electron chi connectivity index (χ4n) is 2.23. The Morgan fingerprint density at radius 3 is 2.55 bits per heavy atom. The SMILES string of the molecule is CCN1CCN(C(=O)c2cc([N+](=O)[O-])ccc2F)CC1. The highest BCUT2D eigenvalue weighted by molar-refractivity contribution is 5.95. The third-order valence-electron chi connectivity index (χ3n) is 3.50. The first-order chi connectivity index (χ1) is 9.52. The molecule has 0 atom stereocenters. The number of halogens is 1. The number of carbonyl (C=O) groups excluding carboxylic acids is 1. The average Bonchev–Trinajstić information content (AvgIpc) is 2.47. The fraction of sp³-hybridized carbons (Fsp3) is 0.462. The maximum Gasteiger partial charge on any atom is 0.270 e. The van der Waals surface area contributed by atoms with E-state index in [4.69, 9.17) is 0 Å². The molecule has 0 saturated carbocycles. The van der Waals surface area contributed by atoms with E-state index in [1.54, 1.807) is 0 Å². The van der Waals surface area contributed by atoms with Gasteiger partial charge in [0.2, 0.25) is 0 Å². The van der Waals surface area contributed by atoms with Gasteiger partial charge in [-0.05, 0) is 12.6 Å². The zero-order chi connectivity index (χ0) is 14.7. The fourth-order valence-corrected chi connectivity index (χ4v) is 2.23. The average molecular weight is 281 g/mol. The van der Waals surface area contributed by atoms with Crippen LogP contribution in [0.5, 0.6) is 0 Å². The van der Waals surface area contributed by atoms with E-state index in [2.05, 4.69) is 4.90 Å². The van der Waals surface area contributed by atoms with Gasteiger partial charge in [-0.25, -0.2) is 4.39 Å². The number of nitrogens with zero attached hydrogens (tertiary/aromatic N) is 3. The number of hydrogen-bond donors (Lipinski definition) is 0. The molecule has 108 valence electrons. The van der Waals surface area contributed by atoms with Crippen LogP contribution in [0.1, 0.15) is 17.3 Å². The molecule has 1 amide bonds. The van der Waals surface area contributed by atoms with Crippen LogP contribution < -0.4 is 0 Å². The van der Waals surface area contributed by atoms with Crippen molar-refractivity contribution in [3.63, 3.8) is 0 Å². The summed E-state index contributed by atoms with van der Waals surface area (Å²) in [6.07, 6.45) is 0. The molecular weight excluding hydrogens is 265 g/mol. The van der Waals surface area contributed by atoms with E-state index in [1.165, 1.54) is 4.90 Å². The number of hydrogen-bond acceptors (Lipinski definition) is 4. The quantitative estimate of drug-likeness (QED) is 0.622. The van der Waals surface area contributed by atoms with Gasteiger partial charge in [-0.3, -0.25) is 14.9 Å². The van der Waals surface area contributed by atoms with E-state index >= 15 is 0 Å². The normalized spacial score (nSPS) is 16.2. The van der Waals surface area contributed by atoms with Crippen LogP contribution in [0.2, 0.25) is 0 Å². The largest absolute Gasteiger partial charge is 0.336 e. The Bertz CT molecular complexity index is 528. The molecule has 1 aliphatic rings. The standard InChI is InChI=1S/C13H16FN3O3/c1-2-15-5-7-16(8-6-15)13(18)11-9-10(17(19)20)3-4-12(11)14/h3-4,9H,2,5-8H2,1H3. The number of carbonyl (C=O) groups is 1. The lowest BCUT2D eigenvalue weighted by atomic mass is 10.1. The van der Waals surface area contributed by atoms with E-state index in [-0.39, 0.29) is 11.3 Å².